The van der Waals surface area contributed by atoms with Gasteiger partial charge in [0.2, 0.25) is 5.91 Å². The van der Waals surface area contributed by atoms with E-state index in [9.17, 15) is 14.4 Å². The molecule has 4 rings (SSSR count). The van der Waals surface area contributed by atoms with Crippen LogP contribution in [0.25, 0.3) is 0 Å². The van der Waals surface area contributed by atoms with E-state index < -0.39 is 17.9 Å². The molecule has 0 N–H and O–H groups in total. The van der Waals surface area contributed by atoms with Crippen LogP contribution in [0.5, 0.6) is 5.75 Å². The number of ketones is 1. The number of carbonyl (C=O) groups is 3. The van der Waals surface area contributed by atoms with Crippen molar-refractivity contribution in [3.8, 4) is 5.75 Å². The molecule has 1 amide bonds. The summed E-state index contributed by atoms with van der Waals surface area (Å²) in [5.41, 5.74) is 2.81. The van der Waals surface area contributed by atoms with Gasteiger partial charge in [-0.2, -0.15) is 0 Å². The maximum atomic E-state index is 13.4. The minimum Gasteiger partial charge on any atom is -0.427 e. The summed E-state index contributed by atoms with van der Waals surface area (Å²) in [6.45, 7) is 7.01. The first-order valence-corrected chi connectivity index (χ1v) is 10.4. The fourth-order valence-corrected chi connectivity index (χ4v) is 4.72. The third-order valence-corrected chi connectivity index (χ3v) is 5.84. The van der Waals surface area contributed by atoms with Gasteiger partial charge in [-0.1, -0.05) is 38.1 Å². The smallest absolute Gasteiger partial charge is 0.308 e. The number of rotatable bonds is 2. The molecule has 2 aromatic rings. The first-order chi connectivity index (χ1) is 14.7. The average molecular weight is 418 g/mol. The van der Waals surface area contributed by atoms with Gasteiger partial charge in [-0.25, -0.2) is 0 Å². The molecule has 1 aliphatic heterocycles. The van der Waals surface area contributed by atoms with Crippen molar-refractivity contribution < 1.29 is 19.1 Å². The summed E-state index contributed by atoms with van der Waals surface area (Å²) >= 11 is 0. The Morgan fingerprint density at radius 3 is 2.35 bits per heavy atom. The average Bonchev–Trinajstić information content (AvgIpc) is 2.81. The Labute approximate surface area is 181 Å². The lowest BCUT2D eigenvalue weighted by atomic mass is 9.68. The van der Waals surface area contributed by atoms with E-state index in [1.54, 1.807) is 17.0 Å². The Bertz CT molecular complexity index is 1080. The summed E-state index contributed by atoms with van der Waals surface area (Å²) in [6, 6.07) is 14.0. The molecule has 2 atom stereocenters. The number of fused-ring (bicyclic) bond motifs is 2. The Balaban J connectivity index is 1.90. The predicted molar refractivity (Wildman–Crippen MR) is 119 cm³/mol. The molecule has 2 aromatic carbocycles. The van der Waals surface area contributed by atoms with Crippen molar-refractivity contribution in [2.45, 2.75) is 46.6 Å². The van der Waals surface area contributed by atoms with Gasteiger partial charge in [0.25, 0.3) is 0 Å². The number of hydrogen-bond donors (Lipinski definition) is 0. The van der Waals surface area contributed by atoms with E-state index in [0.717, 1.165) is 11.3 Å². The third kappa shape index (κ3) is 4.02. The molecule has 160 valence electrons. The number of aliphatic imine (C=N–C) groups is 1. The molecule has 0 radical (unpaired) electrons. The van der Waals surface area contributed by atoms with Crippen LogP contribution in [0.15, 0.2) is 53.5 Å². The maximum Gasteiger partial charge on any atom is 0.308 e. The van der Waals surface area contributed by atoms with Crippen LogP contribution < -0.4 is 9.64 Å². The van der Waals surface area contributed by atoms with Gasteiger partial charge in [0.05, 0.1) is 23.3 Å². The molecular weight excluding hydrogens is 392 g/mol. The molecule has 0 spiro atoms. The number of anilines is 1. The highest BCUT2D eigenvalue weighted by Crippen LogP contribution is 2.48. The Kier molecular flexibility index (Phi) is 5.25. The van der Waals surface area contributed by atoms with Crippen molar-refractivity contribution in [1.82, 2.24) is 0 Å². The van der Waals surface area contributed by atoms with Crippen LogP contribution in [0.2, 0.25) is 0 Å². The quantitative estimate of drug-likeness (QED) is 0.519. The normalized spacial score (nSPS) is 22.0. The van der Waals surface area contributed by atoms with E-state index >= 15 is 0 Å². The van der Waals surface area contributed by atoms with Crippen LogP contribution in [0.3, 0.4) is 0 Å². The summed E-state index contributed by atoms with van der Waals surface area (Å²) < 4.78 is 5.16. The van der Waals surface area contributed by atoms with Gasteiger partial charge in [0, 0.05) is 26.0 Å². The minimum atomic E-state index is -0.524. The molecule has 2 unspecified atom stereocenters. The van der Waals surface area contributed by atoms with Gasteiger partial charge in [-0.15, -0.1) is 0 Å². The van der Waals surface area contributed by atoms with Crippen molar-refractivity contribution in [2.24, 2.45) is 16.3 Å². The zero-order valence-electron chi connectivity index (χ0n) is 18.2. The lowest BCUT2D eigenvalue weighted by molar-refractivity contribution is -0.132. The lowest BCUT2D eigenvalue weighted by Gasteiger charge is -2.40. The molecule has 6 heteroatoms. The first kappa shape index (κ1) is 21.0. The number of ether oxygens (including phenoxy) is 1. The van der Waals surface area contributed by atoms with Crippen molar-refractivity contribution in [2.75, 3.05) is 4.90 Å². The summed E-state index contributed by atoms with van der Waals surface area (Å²) in [7, 11) is 0. The summed E-state index contributed by atoms with van der Waals surface area (Å²) in [4.78, 5) is 44.2. The Morgan fingerprint density at radius 2 is 1.71 bits per heavy atom. The van der Waals surface area contributed by atoms with Crippen LogP contribution in [0.4, 0.5) is 11.4 Å². The molecule has 0 aromatic heterocycles. The number of hydrogen-bond acceptors (Lipinski definition) is 5. The summed E-state index contributed by atoms with van der Waals surface area (Å²) in [5, 5.41) is 0. The van der Waals surface area contributed by atoms with E-state index in [2.05, 4.69) is 13.8 Å². The third-order valence-electron chi connectivity index (χ3n) is 5.84. The zero-order valence-corrected chi connectivity index (χ0v) is 18.2. The number of para-hydroxylation sites is 2. The van der Waals surface area contributed by atoms with E-state index in [0.29, 0.717) is 30.0 Å². The van der Waals surface area contributed by atoms with Crippen molar-refractivity contribution in [3.05, 3.63) is 54.1 Å². The monoisotopic (exact) mass is 418 g/mol. The van der Waals surface area contributed by atoms with Gasteiger partial charge in [0.1, 0.15) is 11.5 Å². The SMILES string of the molecule is CC(=O)Oc1ccc(C2C3C(=O)CC(C)(C)CC3=Nc3ccccc3N2C(C)=O)cc1. The number of Topliss-reactive ketones (excluding diaryl/α,β-unsaturated/α-hetero) is 1. The number of benzene rings is 2. The number of esters is 1. The zero-order chi connectivity index (χ0) is 22.3. The second-order valence-corrected chi connectivity index (χ2v) is 9.05. The van der Waals surface area contributed by atoms with Crippen molar-refractivity contribution in [1.29, 1.82) is 0 Å². The number of carbonyl (C=O) groups excluding carboxylic acids is 3. The van der Waals surface area contributed by atoms with Crippen LogP contribution in [-0.4, -0.2) is 23.4 Å². The van der Waals surface area contributed by atoms with Gasteiger partial charge in [-0.3, -0.25) is 19.4 Å². The molecule has 1 saturated carbocycles. The first-order valence-electron chi connectivity index (χ1n) is 10.4. The van der Waals surface area contributed by atoms with Gasteiger partial charge in [-0.05, 0) is 41.7 Å². The van der Waals surface area contributed by atoms with Crippen LogP contribution in [0.1, 0.15) is 52.1 Å². The standard InChI is InChI=1S/C25H26N2O4/c1-15(28)27-21-8-6-5-7-19(21)26-20-13-25(3,4)14-22(30)23(20)24(27)17-9-11-18(12-10-17)31-16(2)29/h5-12,23-24H,13-14H2,1-4H3. The minimum absolute atomic E-state index is 0.0862. The Hall–Kier alpha value is -3.28. The summed E-state index contributed by atoms with van der Waals surface area (Å²) in [5.74, 6) is -0.576. The predicted octanol–water partition coefficient (Wildman–Crippen LogP) is 4.80. The largest absolute Gasteiger partial charge is 0.427 e. The van der Waals surface area contributed by atoms with E-state index in [1.807, 2.05) is 36.4 Å². The van der Waals surface area contributed by atoms with Crippen molar-refractivity contribution in [3.63, 3.8) is 0 Å². The number of amides is 1. The highest BCUT2D eigenvalue weighted by Gasteiger charge is 2.47. The summed E-state index contributed by atoms with van der Waals surface area (Å²) in [6.07, 6.45) is 1.12. The molecule has 31 heavy (non-hydrogen) atoms. The molecule has 0 saturated heterocycles. The second kappa shape index (κ2) is 7.76. The molecule has 1 fully saturated rings. The van der Waals surface area contributed by atoms with E-state index in [-0.39, 0.29) is 17.1 Å². The van der Waals surface area contributed by atoms with Gasteiger partial charge < -0.3 is 9.64 Å². The number of nitrogens with zero attached hydrogens (tertiary/aromatic N) is 2. The van der Waals surface area contributed by atoms with Gasteiger partial charge >= 0.3 is 5.97 Å². The van der Waals surface area contributed by atoms with Crippen LogP contribution >= 0.6 is 0 Å². The molecule has 6 nitrogen and oxygen atoms in total. The fraction of sp³-hybridized carbons (Fsp3) is 0.360. The lowest BCUT2D eigenvalue weighted by Crippen LogP contribution is -2.46. The highest BCUT2D eigenvalue weighted by molar-refractivity contribution is 6.12. The molecule has 0 bridgehead atoms. The van der Waals surface area contributed by atoms with E-state index in [1.165, 1.54) is 13.8 Å². The highest BCUT2D eigenvalue weighted by atomic mass is 16.5. The molecule has 2 aliphatic rings. The van der Waals surface area contributed by atoms with E-state index in [4.69, 9.17) is 9.73 Å². The Morgan fingerprint density at radius 1 is 1.03 bits per heavy atom. The molecule has 1 aliphatic carbocycles. The topological polar surface area (TPSA) is 76.0 Å². The fourth-order valence-electron chi connectivity index (χ4n) is 4.72. The van der Waals surface area contributed by atoms with Crippen molar-refractivity contribution >= 4 is 34.7 Å². The van der Waals surface area contributed by atoms with Crippen LogP contribution in [0, 0.1) is 11.3 Å². The molecule has 1 heterocycles. The second-order valence-electron chi connectivity index (χ2n) is 9.05. The van der Waals surface area contributed by atoms with Gasteiger partial charge in [0.15, 0.2) is 0 Å². The maximum absolute atomic E-state index is 13.4. The van der Waals surface area contributed by atoms with Crippen LogP contribution in [-0.2, 0) is 14.4 Å². The molecular formula is C25H26N2O4.